The van der Waals surface area contributed by atoms with Gasteiger partial charge in [0.2, 0.25) is 17.5 Å². The lowest BCUT2D eigenvalue weighted by atomic mass is 10.1. The summed E-state index contributed by atoms with van der Waals surface area (Å²) < 4.78 is 58.4. The lowest BCUT2D eigenvalue weighted by Gasteiger charge is -2.29. The van der Waals surface area contributed by atoms with Crippen LogP contribution in [0.3, 0.4) is 0 Å². The van der Waals surface area contributed by atoms with Crippen LogP contribution in [-0.4, -0.2) is 72.1 Å². The zero-order chi connectivity index (χ0) is 40.5. The molecule has 0 aliphatic carbocycles. The third-order valence-corrected chi connectivity index (χ3v) is 11.4. The molecule has 56 heavy (non-hydrogen) atoms. The lowest BCUT2D eigenvalue weighted by Crippen LogP contribution is -2.47. The number of fused-ring (bicyclic) bond motifs is 1. The molecule has 15 nitrogen and oxygen atoms in total. The maximum Gasteiger partial charge on any atom is 0.324 e. The number of nitrogens with two attached hydrogens (primary N) is 2. The molecule has 5 rings (SSSR count). The molecule has 0 amide bonds. The van der Waals surface area contributed by atoms with Crippen molar-refractivity contribution in [2.24, 2.45) is 5.14 Å². The summed E-state index contributed by atoms with van der Waals surface area (Å²) in [6, 6.07) is 22.4. The van der Waals surface area contributed by atoms with Crippen molar-refractivity contribution < 1.29 is 36.8 Å². The Hall–Kier alpha value is -4.96. The number of nitrogens with zero attached hydrogens (tertiary/aromatic N) is 3. The van der Waals surface area contributed by atoms with Gasteiger partial charge in [-0.15, -0.1) is 0 Å². The number of sulfonamides is 1. The summed E-state index contributed by atoms with van der Waals surface area (Å²) in [4.78, 5) is 35.5. The Balaban J connectivity index is 1.44. The van der Waals surface area contributed by atoms with Crippen molar-refractivity contribution >= 4 is 46.3 Å². The molecule has 0 radical (unpaired) electrons. The van der Waals surface area contributed by atoms with Crippen molar-refractivity contribution in [3.05, 3.63) is 109 Å². The number of esters is 2. The maximum absolute atomic E-state index is 15.1. The summed E-state index contributed by atoms with van der Waals surface area (Å²) in [5.41, 5.74) is 9.42. The number of benzene rings is 3. The van der Waals surface area contributed by atoms with E-state index in [-0.39, 0.29) is 36.7 Å². The minimum absolute atomic E-state index is 0.00270. The van der Waals surface area contributed by atoms with E-state index in [4.69, 9.17) is 25.1 Å². The van der Waals surface area contributed by atoms with Crippen LogP contribution in [0.15, 0.2) is 102 Å². The van der Waals surface area contributed by atoms with E-state index in [0.29, 0.717) is 22.2 Å². The summed E-state index contributed by atoms with van der Waals surface area (Å²) in [6.45, 7) is 7.08. The Morgan fingerprint density at radius 1 is 0.821 bits per heavy atom. The molecule has 0 bridgehead atoms. The number of rotatable bonds is 19. The van der Waals surface area contributed by atoms with Crippen LogP contribution in [0.2, 0.25) is 0 Å². The molecule has 5 aromatic rings. The van der Waals surface area contributed by atoms with Crippen LogP contribution >= 0.6 is 7.44 Å². The number of carbonyl (C=O) groups is 2. The van der Waals surface area contributed by atoms with Crippen molar-refractivity contribution in [3.8, 4) is 11.1 Å². The number of anilines is 1. The van der Waals surface area contributed by atoms with Crippen molar-refractivity contribution in [2.45, 2.75) is 76.3 Å². The average Bonchev–Trinajstić information content (AvgIpc) is 3.53. The molecule has 0 aliphatic rings. The second-order valence-electron chi connectivity index (χ2n) is 13.8. The highest BCUT2D eigenvalue weighted by atomic mass is 32.2. The molecule has 0 saturated carbocycles. The molecule has 2 heterocycles. The van der Waals surface area contributed by atoms with Gasteiger partial charge < -0.3 is 24.5 Å². The SMILES string of the molecule is CC(C)OC(=O)[C@H](Cc1ccccc1)NP(=O)(COCCn1cc(-c2cccc(S(N)(=O)=O)c2)c2c(N)ncnc21)N[C@@H](Cc1ccccc1)C(=O)OC(C)C. The smallest absolute Gasteiger partial charge is 0.324 e. The summed E-state index contributed by atoms with van der Waals surface area (Å²) in [5.74, 6) is -1.06. The van der Waals surface area contributed by atoms with Crippen molar-refractivity contribution in [1.29, 1.82) is 0 Å². The van der Waals surface area contributed by atoms with E-state index in [9.17, 15) is 18.0 Å². The molecule has 0 saturated heterocycles. The number of carbonyl (C=O) groups excluding carboxylic acids is 2. The fourth-order valence-electron chi connectivity index (χ4n) is 6.04. The number of hydrogen-bond donors (Lipinski definition) is 4. The van der Waals surface area contributed by atoms with Crippen LogP contribution in [0.4, 0.5) is 5.82 Å². The van der Waals surface area contributed by atoms with Crippen LogP contribution in [0.25, 0.3) is 22.2 Å². The first-order chi connectivity index (χ1) is 26.6. The monoisotopic (exact) mass is 805 g/mol. The first-order valence-electron chi connectivity index (χ1n) is 18.1. The molecule has 3 aromatic carbocycles. The van der Waals surface area contributed by atoms with Gasteiger partial charge in [0.05, 0.1) is 29.1 Å². The predicted molar refractivity (Wildman–Crippen MR) is 214 cm³/mol. The van der Waals surface area contributed by atoms with Gasteiger partial charge >= 0.3 is 11.9 Å². The number of aromatic nitrogens is 3. The number of primary sulfonamides is 1. The molecule has 0 fully saturated rings. The molecular weight excluding hydrogens is 758 g/mol. The number of nitrogen functional groups attached to an aromatic ring is 1. The van der Waals surface area contributed by atoms with Crippen LogP contribution < -0.4 is 21.0 Å². The van der Waals surface area contributed by atoms with Crippen molar-refractivity contribution in [2.75, 3.05) is 18.7 Å². The molecule has 0 unspecified atom stereocenters. The zero-order valence-electron chi connectivity index (χ0n) is 31.7. The van der Waals surface area contributed by atoms with Gasteiger partial charge in [-0.2, -0.15) is 0 Å². The normalized spacial score (nSPS) is 13.2. The highest BCUT2D eigenvalue weighted by Gasteiger charge is 2.36. The number of nitrogens with one attached hydrogen (secondary N) is 2. The van der Waals surface area contributed by atoms with E-state index in [2.05, 4.69) is 20.1 Å². The van der Waals surface area contributed by atoms with Gasteiger partial charge in [-0.3, -0.25) is 14.2 Å². The van der Waals surface area contributed by atoms with E-state index in [0.717, 1.165) is 11.1 Å². The van der Waals surface area contributed by atoms with Crippen molar-refractivity contribution in [3.63, 3.8) is 0 Å². The highest BCUT2D eigenvalue weighted by Crippen LogP contribution is 2.39. The molecule has 2 atom stereocenters. The fraction of sp³-hybridized carbons (Fsp3) is 0.333. The summed E-state index contributed by atoms with van der Waals surface area (Å²) >= 11 is 0. The Morgan fingerprint density at radius 2 is 1.38 bits per heavy atom. The van der Waals surface area contributed by atoms with E-state index in [1.54, 1.807) is 50.6 Å². The maximum atomic E-state index is 15.1. The molecule has 17 heteroatoms. The Morgan fingerprint density at radius 3 is 1.89 bits per heavy atom. The summed E-state index contributed by atoms with van der Waals surface area (Å²) in [7, 11) is -7.97. The van der Waals surface area contributed by atoms with Gasteiger partial charge in [0.1, 0.15) is 36.2 Å². The third kappa shape index (κ3) is 11.5. The quantitative estimate of drug-likeness (QED) is 0.0501. The second kappa shape index (κ2) is 18.8. The van der Waals surface area contributed by atoms with Gasteiger partial charge in [-0.25, -0.2) is 33.7 Å². The fourth-order valence-corrected chi connectivity index (χ4v) is 8.61. The van der Waals surface area contributed by atoms with E-state index in [1.165, 1.54) is 18.5 Å². The topological polar surface area (TPSA) is 220 Å². The molecular formula is C39H48N7O8PS. The van der Waals surface area contributed by atoms with Crippen LogP contribution in [0.5, 0.6) is 0 Å². The van der Waals surface area contributed by atoms with Crippen molar-refractivity contribution in [1.82, 2.24) is 24.7 Å². The van der Waals surface area contributed by atoms with Crippen LogP contribution in [0.1, 0.15) is 38.8 Å². The standard InChI is InChI=1S/C39H48N7O8PS/c1-26(2)53-38(47)33(20-28-12-7-5-8-13-28)44-55(49,45-34(39(48)54-27(3)4)21-29-14-9-6-10-15-29)25-52-19-18-46-23-32(35-36(40)42-24-43-37(35)46)30-16-11-17-31(22-30)56(41,50)51/h5-17,22-24,26-27,33-34H,18-21,25H2,1-4H3,(H2,40,42,43)(H2,41,50,51)(H2,44,45,49)/t33-,34-/m0/s1. The van der Waals surface area contributed by atoms with Crippen LogP contribution in [-0.2, 0) is 57.8 Å². The highest BCUT2D eigenvalue weighted by molar-refractivity contribution is 7.89. The molecule has 2 aromatic heterocycles. The van der Waals surface area contributed by atoms with Gasteiger partial charge in [0, 0.05) is 18.3 Å². The minimum atomic E-state index is -3.99. The number of ether oxygens (including phenoxy) is 3. The molecule has 6 N–H and O–H groups in total. The van der Waals surface area contributed by atoms with Gasteiger partial charge in [0.25, 0.3) is 0 Å². The average molecular weight is 806 g/mol. The zero-order valence-corrected chi connectivity index (χ0v) is 33.4. The Labute approximate surface area is 326 Å². The largest absolute Gasteiger partial charge is 0.462 e. The first kappa shape index (κ1) is 42.2. The summed E-state index contributed by atoms with van der Waals surface area (Å²) in [6.07, 6.45) is 2.01. The molecule has 0 spiro atoms. The second-order valence-corrected chi connectivity index (χ2v) is 17.6. The van der Waals surface area contributed by atoms with E-state index in [1.807, 2.05) is 60.7 Å². The van der Waals surface area contributed by atoms with Crippen LogP contribution in [0, 0.1) is 0 Å². The molecule has 0 aliphatic heterocycles. The van der Waals surface area contributed by atoms with Gasteiger partial charge in [-0.1, -0.05) is 72.8 Å². The predicted octanol–water partition coefficient (Wildman–Crippen LogP) is 4.80. The summed E-state index contributed by atoms with van der Waals surface area (Å²) in [5, 5.41) is 11.9. The van der Waals surface area contributed by atoms with Gasteiger partial charge in [-0.05, 0) is 69.4 Å². The third-order valence-electron chi connectivity index (χ3n) is 8.47. The lowest BCUT2D eigenvalue weighted by molar-refractivity contribution is -0.150. The Bertz CT molecular complexity index is 2200. The Kier molecular flexibility index (Phi) is 14.2. The molecule has 298 valence electrons. The van der Waals surface area contributed by atoms with E-state index < -0.39 is 60.0 Å². The first-order valence-corrected chi connectivity index (χ1v) is 21.5. The van der Waals surface area contributed by atoms with E-state index >= 15 is 4.57 Å². The number of hydrogen-bond acceptors (Lipinski definition) is 11. The minimum Gasteiger partial charge on any atom is -0.462 e. The van der Waals surface area contributed by atoms with Gasteiger partial charge in [0.15, 0.2) is 0 Å².